The van der Waals surface area contributed by atoms with E-state index < -0.39 is 0 Å². The molecule has 0 amide bonds. The van der Waals surface area contributed by atoms with Crippen molar-refractivity contribution in [1.82, 2.24) is 0 Å². The lowest BCUT2D eigenvalue weighted by Crippen LogP contribution is -2.00. The van der Waals surface area contributed by atoms with Crippen molar-refractivity contribution in [3.8, 4) is 5.75 Å². The van der Waals surface area contributed by atoms with Crippen LogP contribution in [0.1, 0.15) is 12.0 Å². The quantitative estimate of drug-likeness (QED) is 0.563. The predicted molar refractivity (Wildman–Crippen MR) is 69.5 cm³/mol. The summed E-state index contributed by atoms with van der Waals surface area (Å²) in [5.41, 5.74) is 0.952. The zero-order valence-corrected chi connectivity index (χ0v) is 11.0. The first-order valence-corrected chi connectivity index (χ1v) is 7.04. The van der Waals surface area contributed by atoms with E-state index in [2.05, 4.69) is 6.26 Å². The van der Waals surface area contributed by atoms with Gasteiger partial charge in [-0.05, 0) is 36.6 Å². The van der Waals surface area contributed by atoms with E-state index in [1.54, 1.807) is 0 Å². The van der Waals surface area contributed by atoms with Gasteiger partial charge in [0.15, 0.2) is 0 Å². The maximum Gasteiger partial charge on any atom is 0.123 e. The van der Waals surface area contributed by atoms with Gasteiger partial charge in [-0.3, -0.25) is 0 Å². The van der Waals surface area contributed by atoms with Gasteiger partial charge in [0.05, 0.1) is 12.5 Å². The first-order chi connectivity index (χ1) is 7.27. The Balaban J connectivity index is 2.52. The van der Waals surface area contributed by atoms with Crippen LogP contribution >= 0.6 is 35.0 Å². The second-order valence-electron chi connectivity index (χ2n) is 3.08. The lowest BCUT2D eigenvalue weighted by atomic mass is 10.2. The standard InChI is InChI=1S/C11H14Cl2OS/c1-15-6-2-5-14-11-4-3-10(13)7-9(11)8-12/h3-4,7H,2,5-6,8H2,1H3. The van der Waals surface area contributed by atoms with Crippen LogP contribution < -0.4 is 4.74 Å². The monoisotopic (exact) mass is 264 g/mol. The minimum absolute atomic E-state index is 0.429. The Kier molecular flexibility index (Phi) is 6.30. The van der Waals surface area contributed by atoms with Crippen LogP contribution in [0.15, 0.2) is 18.2 Å². The van der Waals surface area contributed by atoms with Crippen LogP contribution in [0.3, 0.4) is 0 Å². The third-order valence-electron chi connectivity index (χ3n) is 1.92. The highest BCUT2D eigenvalue weighted by Crippen LogP contribution is 2.24. The highest BCUT2D eigenvalue weighted by atomic mass is 35.5. The summed E-state index contributed by atoms with van der Waals surface area (Å²) in [5, 5.41) is 0.696. The summed E-state index contributed by atoms with van der Waals surface area (Å²) < 4.78 is 5.63. The summed E-state index contributed by atoms with van der Waals surface area (Å²) >= 11 is 13.5. The van der Waals surface area contributed by atoms with Gasteiger partial charge < -0.3 is 4.74 Å². The summed E-state index contributed by atoms with van der Waals surface area (Å²) in [6.45, 7) is 0.729. The third-order valence-corrected chi connectivity index (χ3v) is 3.14. The molecule has 0 aliphatic rings. The van der Waals surface area contributed by atoms with Crippen molar-refractivity contribution in [2.24, 2.45) is 0 Å². The molecule has 0 saturated carbocycles. The molecule has 0 saturated heterocycles. The van der Waals surface area contributed by atoms with E-state index in [4.69, 9.17) is 27.9 Å². The van der Waals surface area contributed by atoms with Crippen LogP contribution in [0.25, 0.3) is 0 Å². The zero-order valence-electron chi connectivity index (χ0n) is 8.63. The number of halogens is 2. The molecule has 1 aromatic carbocycles. The Morgan fingerprint density at radius 3 is 2.87 bits per heavy atom. The normalized spacial score (nSPS) is 10.3. The molecule has 0 aliphatic carbocycles. The van der Waals surface area contributed by atoms with Crippen molar-refractivity contribution >= 4 is 35.0 Å². The second-order valence-corrected chi connectivity index (χ2v) is 4.77. The van der Waals surface area contributed by atoms with Crippen LogP contribution in [0, 0.1) is 0 Å². The second kappa shape index (κ2) is 7.26. The van der Waals surface area contributed by atoms with Crippen molar-refractivity contribution in [3.63, 3.8) is 0 Å². The van der Waals surface area contributed by atoms with Crippen LogP contribution in [-0.4, -0.2) is 18.6 Å². The maximum absolute atomic E-state index is 5.86. The fraction of sp³-hybridized carbons (Fsp3) is 0.455. The first-order valence-electron chi connectivity index (χ1n) is 4.74. The van der Waals surface area contributed by atoms with Crippen molar-refractivity contribution in [2.75, 3.05) is 18.6 Å². The molecule has 0 aromatic heterocycles. The lowest BCUT2D eigenvalue weighted by Gasteiger charge is -2.09. The molecule has 0 atom stereocenters. The van der Waals surface area contributed by atoms with Gasteiger partial charge in [0, 0.05) is 10.6 Å². The summed E-state index contributed by atoms with van der Waals surface area (Å²) in [4.78, 5) is 0. The Labute approximate surface area is 105 Å². The van der Waals surface area contributed by atoms with Crippen molar-refractivity contribution in [2.45, 2.75) is 12.3 Å². The molecule has 0 unspecified atom stereocenters. The van der Waals surface area contributed by atoms with Crippen LogP contribution in [-0.2, 0) is 5.88 Å². The minimum atomic E-state index is 0.429. The summed E-state index contributed by atoms with van der Waals surface area (Å²) in [6.07, 6.45) is 3.14. The molecule has 0 bridgehead atoms. The molecule has 1 aromatic rings. The van der Waals surface area contributed by atoms with Crippen LogP contribution in [0.2, 0.25) is 5.02 Å². The van der Waals surface area contributed by atoms with Gasteiger partial charge in [-0.25, -0.2) is 0 Å². The first kappa shape index (κ1) is 13.0. The molecule has 15 heavy (non-hydrogen) atoms. The molecule has 1 rings (SSSR count). The van der Waals surface area contributed by atoms with Crippen molar-refractivity contribution < 1.29 is 4.74 Å². The van der Waals surface area contributed by atoms with Crippen molar-refractivity contribution in [3.05, 3.63) is 28.8 Å². The molecule has 0 heterocycles. The van der Waals surface area contributed by atoms with E-state index in [9.17, 15) is 0 Å². The number of ether oxygens (including phenoxy) is 1. The Morgan fingerprint density at radius 1 is 1.40 bits per heavy atom. The molecule has 0 N–H and O–H groups in total. The number of hydrogen-bond acceptors (Lipinski definition) is 2. The average molecular weight is 265 g/mol. The van der Waals surface area contributed by atoms with E-state index in [1.165, 1.54) is 0 Å². The molecule has 4 heteroatoms. The summed E-state index contributed by atoms with van der Waals surface area (Å²) in [7, 11) is 0. The van der Waals surface area contributed by atoms with Gasteiger partial charge in [0.1, 0.15) is 5.75 Å². The molecule has 0 spiro atoms. The SMILES string of the molecule is CSCCCOc1ccc(Cl)cc1CCl. The molecular weight excluding hydrogens is 251 g/mol. The highest BCUT2D eigenvalue weighted by molar-refractivity contribution is 7.98. The summed E-state index contributed by atoms with van der Waals surface area (Å²) in [5.74, 6) is 2.39. The number of benzene rings is 1. The van der Waals surface area contributed by atoms with Gasteiger partial charge in [0.25, 0.3) is 0 Å². The lowest BCUT2D eigenvalue weighted by molar-refractivity contribution is 0.316. The van der Waals surface area contributed by atoms with Gasteiger partial charge in [0.2, 0.25) is 0 Å². The molecule has 0 fully saturated rings. The Bertz CT molecular complexity index is 305. The van der Waals surface area contributed by atoms with E-state index in [0.29, 0.717) is 10.9 Å². The molecule has 0 radical (unpaired) electrons. The zero-order chi connectivity index (χ0) is 11.1. The molecular formula is C11H14Cl2OS. The van der Waals surface area contributed by atoms with E-state index in [-0.39, 0.29) is 0 Å². The van der Waals surface area contributed by atoms with E-state index >= 15 is 0 Å². The highest BCUT2D eigenvalue weighted by Gasteiger charge is 2.03. The topological polar surface area (TPSA) is 9.23 Å². The fourth-order valence-corrected chi connectivity index (χ4v) is 1.99. The number of hydrogen-bond donors (Lipinski definition) is 0. The third kappa shape index (κ3) is 4.54. The van der Waals surface area contributed by atoms with Crippen LogP contribution in [0.4, 0.5) is 0 Å². The smallest absolute Gasteiger partial charge is 0.123 e. The number of alkyl halides is 1. The Hall–Kier alpha value is -0.0500. The number of thioether (sulfide) groups is 1. The number of rotatable bonds is 6. The van der Waals surface area contributed by atoms with Gasteiger partial charge in [-0.15, -0.1) is 11.6 Å². The molecule has 1 nitrogen and oxygen atoms in total. The Morgan fingerprint density at radius 2 is 2.20 bits per heavy atom. The van der Waals surface area contributed by atoms with Gasteiger partial charge in [-0.2, -0.15) is 11.8 Å². The largest absolute Gasteiger partial charge is 0.493 e. The van der Waals surface area contributed by atoms with Gasteiger partial charge in [-0.1, -0.05) is 11.6 Å². The average Bonchev–Trinajstić information content (AvgIpc) is 2.26. The summed E-state index contributed by atoms with van der Waals surface area (Å²) in [6, 6.07) is 5.54. The molecule has 84 valence electrons. The minimum Gasteiger partial charge on any atom is -0.493 e. The molecule has 0 aliphatic heterocycles. The van der Waals surface area contributed by atoms with Gasteiger partial charge >= 0.3 is 0 Å². The van der Waals surface area contributed by atoms with E-state index in [0.717, 1.165) is 30.1 Å². The maximum atomic E-state index is 5.86. The predicted octanol–water partition coefficient (Wildman–Crippen LogP) is 4.21. The van der Waals surface area contributed by atoms with Crippen LogP contribution in [0.5, 0.6) is 5.75 Å². The van der Waals surface area contributed by atoms with E-state index in [1.807, 2.05) is 30.0 Å². The fourth-order valence-electron chi connectivity index (χ4n) is 1.18. The van der Waals surface area contributed by atoms with Crippen molar-refractivity contribution in [1.29, 1.82) is 0 Å².